The van der Waals surface area contributed by atoms with Crippen molar-refractivity contribution in [2.45, 2.75) is 26.2 Å². The number of carbonyl (C=O) groups excluding carboxylic acids is 2. The smallest absolute Gasteiger partial charge is 0.419 e. The number of halogens is 1. The van der Waals surface area contributed by atoms with Crippen LogP contribution in [0.2, 0.25) is 0 Å². The zero-order valence-electron chi connectivity index (χ0n) is 14.7. The second-order valence-electron chi connectivity index (χ2n) is 5.57. The Morgan fingerprint density at radius 3 is 2.35 bits per heavy atom. The Hall–Kier alpha value is -2.34. The van der Waals surface area contributed by atoms with Gasteiger partial charge in [0.2, 0.25) is 0 Å². The minimum atomic E-state index is -0.449. The van der Waals surface area contributed by atoms with Gasteiger partial charge in [-0.15, -0.1) is 0 Å². The third kappa shape index (κ3) is 6.52. The molecule has 5 nitrogen and oxygen atoms in total. The van der Waals surface area contributed by atoms with Crippen LogP contribution in [-0.2, 0) is 9.53 Å². The summed E-state index contributed by atoms with van der Waals surface area (Å²) < 4.78 is 11.3. The molecule has 138 valence electrons. The van der Waals surface area contributed by atoms with Gasteiger partial charge in [0.05, 0.1) is 6.61 Å². The number of amides is 1. The number of para-hydroxylation sites is 1. The molecule has 0 aliphatic heterocycles. The van der Waals surface area contributed by atoms with Crippen LogP contribution in [0.25, 0.3) is 0 Å². The number of ether oxygens (including phenoxy) is 2. The number of carbonyl (C=O) groups is 2. The minimum absolute atomic E-state index is 0.213. The number of benzene rings is 2. The maximum absolute atomic E-state index is 12.6. The van der Waals surface area contributed by atoms with Crippen LogP contribution in [0.3, 0.4) is 0 Å². The van der Waals surface area contributed by atoms with Gasteiger partial charge in [0.15, 0.2) is 0 Å². The first-order valence-electron chi connectivity index (χ1n) is 8.55. The molecule has 0 saturated heterocycles. The highest BCUT2D eigenvalue weighted by molar-refractivity contribution is 9.10. The van der Waals surface area contributed by atoms with Gasteiger partial charge in [0.25, 0.3) is 0 Å². The highest BCUT2D eigenvalue weighted by Gasteiger charge is 2.18. The molecule has 0 aliphatic rings. The molecular weight excluding hydrogens is 398 g/mol. The summed E-state index contributed by atoms with van der Waals surface area (Å²) in [7, 11) is 0. The predicted molar refractivity (Wildman–Crippen MR) is 104 cm³/mol. The molecule has 6 heteroatoms. The molecule has 0 spiro atoms. The number of anilines is 1. The van der Waals surface area contributed by atoms with Gasteiger partial charge >= 0.3 is 12.1 Å². The van der Waals surface area contributed by atoms with E-state index in [9.17, 15) is 9.59 Å². The molecule has 2 rings (SSSR count). The molecule has 26 heavy (non-hydrogen) atoms. The summed E-state index contributed by atoms with van der Waals surface area (Å²) in [5.74, 6) is 0.278. The predicted octanol–water partition coefficient (Wildman–Crippen LogP) is 5.19. The van der Waals surface area contributed by atoms with Crippen molar-refractivity contribution in [1.29, 1.82) is 0 Å². The molecule has 0 atom stereocenters. The molecule has 0 N–H and O–H groups in total. The van der Waals surface area contributed by atoms with Crippen molar-refractivity contribution in [2.24, 2.45) is 0 Å². The Bertz CT molecular complexity index is 704. The fourth-order valence-electron chi connectivity index (χ4n) is 2.36. The lowest BCUT2D eigenvalue weighted by molar-refractivity contribution is -0.143. The molecule has 0 bridgehead atoms. The van der Waals surface area contributed by atoms with Crippen molar-refractivity contribution < 1.29 is 19.1 Å². The maximum Gasteiger partial charge on any atom is 0.419 e. The molecular formula is C20H22BrNO4. The van der Waals surface area contributed by atoms with Gasteiger partial charge in [-0.3, -0.25) is 9.69 Å². The largest absolute Gasteiger partial charge is 0.466 e. The highest BCUT2D eigenvalue weighted by atomic mass is 79.9. The van der Waals surface area contributed by atoms with Crippen molar-refractivity contribution in [2.75, 3.05) is 18.1 Å². The number of esters is 1. The molecule has 0 heterocycles. The third-order valence-corrected chi connectivity index (χ3v) is 4.15. The van der Waals surface area contributed by atoms with Crippen LogP contribution < -0.4 is 9.64 Å². The van der Waals surface area contributed by atoms with Crippen LogP contribution in [-0.4, -0.2) is 25.2 Å². The van der Waals surface area contributed by atoms with Gasteiger partial charge in [-0.25, -0.2) is 4.79 Å². The second kappa shape index (κ2) is 10.6. The standard InChI is InChI=1S/C20H22BrNO4/c1-2-25-19(23)10-6-7-15-22(17-13-11-16(21)12-14-17)20(24)26-18-8-4-3-5-9-18/h3-5,8-9,11-14H,2,6-7,10,15H2,1H3. The minimum Gasteiger partial charge on any atom is -0.466 e. The van der Waals surface area contributed by atoms with E-state index in [-0.39, 0.29) is 5.97 Å². The summed E-state index contributed by atoms with van der Waals surface area (Å²) in [6.45, 7) is 2.62. The first-order valence-corrected chi connectivity index (χ1v) is 9.35. The first-order chi connectivity index (χ1) is 12.6. The van der Waals surface area contributed by atoms with Crippen molar-refractivity contribution in [1.82, 2.24) is 0 Å². The summed E-state index contributed by atoms with van der Waals surface area (Å²) in [5.41, 5.74) is 0.741. The Kier molecular flexibility index (Phi) is 8.15. The van der Waals surface area contributed by atoms with Crippen molar-refractivity contribution in [3.05, 3.63) is 59.1 Å². The van der Waals surface area contributed by atoms with Crippen LogP contribution in [0.1, 0.15) is 26.2 Å². The average molecular weight is 420 g/mol. The zero-order valence-corrected chi connectivity index (χ0v) is 16.3. The first kappa shape index (κ1) is 20.0. The normalized spacial score (nSPS) is 10.2. The number of hydrogen-bond donors (Lipinski definition) is 0. The molecule has 2 aromatic rings. The SMILES string of the molecule is CCOC(=O)CCCCN(C(=O)Oc1ccccc1)c1ccc(Br)cc1. The van der Waals surface area contributed by atoms with Gasteiger partial charge in [-0.1, -0.05) is 34.1 Å². The van der Waals surface area contributed by atoms with E-state index in [0.29, 0.717) is 38.2 Å². The van der Waals surface area contributed by atoms with Gasteiger partial charge < -0.3 is 9.47 Å². The maximum atomic E-state index is 12.6. The summed E-state index contributed by atoms with van der Waals surface area (Å²) in [6.07, 6.45) is 1.20. The van der Waals surface area contributed by atoms with E-state index in [1.54, 1.807) is 24.0 Å². The van der Waals surface area contributed by atoms with E-state index in [2.05, 4.69) is 15.9 Å². The lowest BCUT2D eigenvalue weighted by Gasteiger charge is -2.22. The molecule has 0 saturated carbocycles. The quantitative estimate of drug-likeness (QED) is 0.436. The van der Waals surface area contributed by atoms with E-state index in [1.165, 1.54) is 0 Å². The van der Waals surface area contributed by atoms with Crippen LogP contribution >= 0.6 is 15.9 Å². The second-order valence-corrected chi connectivity index (χ2v) is 6.49. The van der Waals surface area contributed by atoms with E-state index in [1.807, 2.05) is 42.5 Å². The summed E-state index contributed by atoms with van der Waals surface area (Å²) in [6, 6.07) is 16.4. The van der Waals surface area contributed by atoms with Crippen molar-refractivity contribution in [3.8, 4) is 5.75 Å². The van der Waals surface area contributed by atoms with Crippen molar-refractivity contribution >= 4 is 33.7 Å². The van der Waals surface area contributed by atoms with Crippen LogP contribution in [0.15, 0.2) is 59.1 Å². The van der Waals surface area contributed by atoms with Gasteiger partial charge in [0, 0.05) is 23.1 Å². The lowest BCUT2D eigenvalue weighted by Crippen LogP contribution is -2.34. The molecule has 0 aromatic heterocycles. The van der Waals surface area contributed by atoms with E-state index < -0.39 is 6.09 Å². The summed E-state index contributed by atoms with van der Waals surface area (Å²) >= 11 is 3.39. The fourth-order valence-corrected chi connectivity index (χ4v) is 2.63. The molecule has 0 radical (unpaired) electrons. The number of unbranched alkanes of at least 4 members (excludes halogenated alkanes) is 1. The van der Waals surface area contributed by atoms with Crippen LogP contribution in [0.4, 0.5) is 10.5 Å². The van der Waals surface area contributed by atoms with Gasteiger partial charge in [0.1, 0.15) is 5.75 Å². The van der Waals surface area contributed by atoms with Crippen LogP contribution in [0, 0.1) is 0 Å². The lowest BCUT2D eigenvalue weighted by atomic mass is 10.2. The molecule has 0 aliphatic carbocycles. The van der Waals surface area contributed by atoms with Crippen LogP contribution in [0.5, 0.6) is 5.75 Å². The number of rotatable bonds is 8. The Balaban J connectivity index is 2.00. The zero-order chi connectivity index (χ0) is 18.8. The molecule has 0 fully saturated rings. The van der Waals surface area contributed by atoms with E-state index in [4.69, 9.17) is 9.47 Å². The van der Waals surface area contributed by atoms with Gasteiger partial charge in [-0.05, 0) is 56.2 Å². The van der Waals surface area contributed by atoms with E-state index in [0.717, 1.165) is 10.2 Å². The van der Waals surface area contributed by atoms with Gasteiger partial charge in [-0.2, -0.15) is 0 Å². The Morgan fingerprint density at radius 1 is 1.00 bits per heavy atom. The number of nitrogens with zero attached hydrogens (tertiary/aromatic N) is 1. The monoisotopic (exact) mass is 419 g/mol. The molecule has 2 aromatic carbocycles. The third-order valence-electron chi connectivity index (χ3n) is 3.62. The van der Waals surface area contributed by atoms with E-state index >= 15 is 0 Å². The molecule has 1 amide bonds. The average Bonchev–Trinajstić information content (AvgIpc) is 2.64. The Morgan fingerprint density at radius 2 is 1.69 bits per heavy atom. The summed E-state index contributed by atoms with van der Waals surface area (Å²) in [4.78, 5) is 25.6. The number of hydrogen-bond acceptors (Lipinski definition) is 4. The summed E-state index contributed by atoms with van der Waals surface area (Å²) in [5, 5.41) is 0. The van der Waals surface area contributed by atoms with Crippen molar-refractivity contribution in [3.63, 3.8) is 0 Å². The Labute approximate surface area is 162 Å². The fraction of sp³-hybridized carbons (Fsp3) is 0.300. The topological polar surface area (TPSA) is 55.8 Å². The molecule has 0 unspecified atom stereocenters. The highest BCUT2D eigenvalue weighted by Crippen LogP contribution is 2.21.